The van der Waals surface area contributed by atoms with Crippen molar-refractivity contribution in [1.82, 2.24) is 0 Å². The number of ether oxygens (including phenoxy) is 3. The second-order valence-corrected chi connectivity index (χ2v) is 4.88. The van der Waals surface area contributed by atoms with Crippen LogP contribution in [0.1, 0.15) is 18.1 Å². The third-order valence-corrected chi connectivity index (χ3v) is 3.24. The van der Waals surface area contributed by atoms with E-state index >= 15 is 0 Å². The summed E-state index contributed by atoms with van der Waals surface area (Å²) in [5, 5.41) is 0. The van der Waals surface area contributed by atoms with Crippen molar-refractivity contribution in [2.75, 3.05) is 19.8 Å². The zero-order valence-corrected chi connectivity index (χ0v) is 13.2. The van der Waals surface area contributed by atoms with Crippen molar-refractivity contribution in [3.05, 3.63) is 53.6 Å². The standard InChI is InChI=1S/C18H23NO3/c1-3-20-18-12-15(13-19)8-9-17(18)22-11-10-21-16-7-5-4-6-14(16)2/h4-9,12H,3,10-11,13,19H2,1-2H3. The molecule has 2 rings (SSSR count). The fourth-order valence-corrected chi connectivity index (χ4v) is 2.09. The number of benzene rings is 2. The van der Waals surface area contributed by atoms with Gasteiger partial charge >= 0.3 is 0 Å². The van der Waals surface area contributed by atoms with Gasteiger partial charge in [0.15, 0.2) is 11.5 Å². The van der Waals surface area contributed by atoms with Crippen molar-refractivity contribution in [3.8, 4) is 17.2 Å². The summed E-state index contributed by atoms with van der Waals surface area (Å²) in [5.74, 6) is 2.32. The molecule has 4 heteroatoms. The molecule has 2 aromatic carbocycles. The largest absolute Gasteiger partial charge is 0.490 e. The van der Waals surface area contributed by atoms with Gasteiger partial charge in [-0.15, -0.1) is 0 Å². The number of hydrogen-bond donors (Lipinski definition) is 1. The summed E-state index contributed by atoms with van der Waals surface area (Å²) in [6.07, 6.45) is 0. The van der Waals surface area contributed by atoms with Gasteiger partial charge < -0.3 is 19.9 Å². The Bertz CT molecular complexity index is 599. The minimum absolute atomic E-state index is 0.455. The molecule has 2 N–H and O–H groups in total. The highest BCUT2D eigenvalue weighted by molar-refractivity contribution is 5.43. The van der Waals surface area contributed by atoms with Gasteiger partial charge in [0.1, 0.15) is 19.0 Å². The molecule has 0 bridgehead atoms. The van der Waals surface area contributed by atoms with Crippen LogP contribution in [0.3, 0.4) is 0 Å². The highest BCUT2D eigenvalue weighted by Gasteiger charge is 2.06. The van der Waals surface area contributed by atoms with Crippen molar-refractivity contribution < 1.29 is 14.2 Å². The first-order valence-corrected chi connectivity index (χ1v) is 7.51. The zero-order valence-electron chi connectivity index (χ0n) is 13.2. The molecule has 0 radical (unpaired) electrons. The van der Waals surface area contributed by atoms with Crippen molar-refractivity contribution in [1.29, 1.82) is 0 Å². The highest BCUT2D eigenvalue weighted by atomic mass is 16.5. The number of aryl methyl sites for hydroxylation is 1. The highest BCUT2D eigenvalue weighted by Crippen LogP contribution is 2.28. The maximum absolute atomic E-state index is 5.76. The molecule has 0 saturated heterocycles. The van der Waals surface area contributed by atoms with Crippen LogP contribution in [0, 0.1) is 6.92 Å². The SMILES string of the molecule is CCOc1cc(CN)ccc1OCCOc1ccccc1C. The van der Waals surface area contributed by atoms with Gasteiger partial charge in [0.25, 0.3) is 0 Å². The first kappa shape index (κ1) is 16.2. The molecular formula is C18H23NO3. The van der Waals surface area contributed by atoms with Crippen LogP contribution in [-0.2, 0) is 6.54 Å². The molecule has 0 aliphatic carbocycles. The average molecular weight is 301 g/mol. The second-order valence-electron chi connectivity index (χ2n) is 4.88. The van der Waals surface area contributed by atoms with Gasteiger partial charge in [-0.2, -0.15) is 0 Å². The van der Waals surface area contributed by atoms with E-state index in [1.807, 2.05) is 56.3 Å². The minimum atomic E-state index is 0.455. The van der Waals surface area contributed by atoms with Crippen molar-refractivity contribution in [2.24, 2.45) is 5.73 Å². The lowest BCUT2D eigenvalue weighted by molar-refractivity contribution is 0.207. The fourth-order valence-electron chi connectivity index (χ4n) is 2.09. The number of hydrogen-bond acceptors (Lipinski definition) is 4. The molecule has 118 valence electrons. The minimum Gasteiger partial charge on any atom is -0.490 e. The van der Waals surface area contributed by atoms with E-state index in [2.05, 4.69) is 0 Å². The summed E-state index contributed by atoms with van der Waals surface area (Å²) in [5.41, 5.74) is 7.78. The van der Waals surface area contributed by atoms with Crippen LogP contribution in [0.5, 0.6) is 17.2 Å². The quantitative estimate of drug-likeness (QED) is 0.760. The molecule has 22 heavy (non-hydrogen) atoms. The van der Waals surface area contributed by atoms with Gasteiger partial charge in [-0.1, -0.05) is 24.3 Å². The Morgan fingerprint density at radius 2 is 1.59 bits per heavy atom. The van der Waals surface area contributed by atoms with E-state index in [1.54, 1.807) is 0 Å². The summed E-state index contributed by atoms with van der Waals surface area (Å²) < 4.78 is 17.1. The maximum Gasteiger partial charge on any atom is 0.161 e. The zero-order chi connectivity index (χ0) is 15.8. The first-order chi connectivity index (χ1) is 10.7. The molecule has 0 saturated carbocycles. The summed E-state index contributed by atoms with van der Waals surface area (Å²) in [6.45, 7) is 5.97. The average Bonchev–Trinajstić information content (AvgIpc) is 2.54. The van der Waals surface area contributed by atoms with E-state index in [4.69, 9.17) is 19.9 Å². The topological polar surface area (TPSA) is 53.7 Å². The van der Waals surface area contributed by atoms with Crippen LogP contribution < -0.4 is 19.9 Å². The van der Waals surface area contributed by atoms with Crippen LogP contribution in [0.15, 0.2) is 42.5 Å². The first-order valence-electron chi connectivity index (χ1n) is 7.51. The van der Waals surface area contributed by atoms with Crippen molar-refractivity contribution in [2.45, 2.75) is 20.4 Å². The van der Waals surface area contributed by atoms with Gasteiger partial charge in [-0.05, 0) is 43.2 Å². The van der Waals surface area contributed by atoms with Crippen LogP contribution in [-0.4, -0.2) is 19.8 Å². The Hall–Kier alpha value is -2.20. The van der Waals surface area contributed by atoms with Gasteiger partial charge in [-0.25, -0.2) is 0 Å². The molecular weight excluding hydrogens is 278 g/mol. The van der Waals surface area contributed by atoms with Crippen LogP contribution >= 0.6 is 0 Å². The Labute approximate surface area is 131 Å². The Balaban J connectivity index is 1.90. The molecule has 0 atom stereocenters. The summed E-state index contributed by atoms with van der Waals surface area (Å²) >= 11 is 0. The number of nitrogens with two attached hydrogens (primary N) is 1. The predicted octanol–water partition coefficient (Wildman–Crippen LogP) is 3.31. The summed E-state index contributed by atoms with van der Waals surface area (Å²) in [6, 6.07) is 13.7. The Morgan fingerprint density at radius 3 is 2.27 bits per heavy atom. The van der Waals surface area contributed by atoms with Gasteiger partial charge in [0, 0.05) is 6.54 Å². The van der Waals surface area contributed by atoms with Crippen LogP contribution in [0.4, 0.5) is 0 Å². The number of rotatable bonds is 8. The molecule has 0 aliphatic heterocycles. The lowest BCUT2D eigenvalue weighted by Crippen LogP contribution is -2.10. The van der Waals surface area contributed by atoms with E-state index < -0.39 is 0 Å². The van der Waals surface area contributed by atoms with E-state index in [0.717, 1.165) is 22.6 Å². The van der Waals surface area contributed by atoms with Gasteiger partial charge in [0.05, 0.1) is 6.61 Å². The second kappa shape index (κ2) is 8.29. The smallest absolute Gasteiger partial charge is 0.161 e. The Morgan fingerprint density at radius 1 is 0.864 bits per heavy atom. The van der Waals surface area contributed by atoms with E-state index in [1.165, 1.54) is 0 Å². The van der Waals surface area contributed by atoms with Crippen LogP contribution in [0.25, 0.3) is 0 Å². The molecule has 0 heterocycles. The molecule has 0 aliphatic rings. The van der Waals surface area contributed by atoms with Crippen molar-refractivity contribution in [3.63, 3.8) is 0 Å². The molecule has 4 nitrogen and oxygen atoms in total. The van der Waals surface area contributed by atoms with Gasteiger partial charge in [-0.3, -0.25) is 0 Å². The number of para-hydroxylation sites is 1. The lowest BCUT2D eigenvalue weighted by Gasteiger charge is -2.14. The monoisotopic (exact) mass is 301 g/mol. The Kier molecular flexibility index (Phi) is 6.10. The van der Waals surface area contributed by atoms with Gasteiger partial charge in [0.2, 0.25) is 0 Å². The third kappa shape index (κ3) is 4.40. The molecule has 0 fully saturated rings. The fraction of sp³-hybridized carbons (Fsp3) is 0.333. The predicted molar refractivity (Wildman–Crippen MR) is 87.7 cm³/mol. The summed E-state index contributed by atoms with van der Waals surface area (Å²) in [7, 11) is 0. The van der Waals surface area contributed by atoms with Crippen LogP contribution in [0.2, 0.25) is 0 Å². The molecule has 2 aromatic rings. The molecule has 0 aromatic heterocycles. The lowest BCUT2D eigenvalue weighted by atomic mass is 10.2. The summed E-state index contributed by atoms with van der Waals surface area (Å²) in [4.78, 5) is 0. The van der Waals surface area contributed by atoms with E-state index in [0.29, 0.717) is 32.1 Å². The maximum atomic E-state index is 5.76. The molecule has 0 unspecified atom stereocenters. The van der Waals surface area contributed by atoms with E-state index in [9.17, 15) is 0 Å². The molecule has 0 spiro atoms. The van der Waals surface area contributed by atoms with Crippen molar-refractivity contribution >= 4 is 0 Å². The third-order valence-electron chi connectivity index (χ3n) is 3.24. The molecule has 0 amide bonds. The van der Waals surface area contributed by atoms with E-state index in [-0.39, 0.29) is 0 Å². The normalized spacial score (nSPS) is 10.3.